The third kappa shape index (κ3) is 8.43. The van der Waals surface area contributed by atoms with Gasteiger partial charge in [0, 0.05) is 29.7 Å². The number of pyridine rings is 1. The lowest BCUT2D eigenvalue weighted by atomic mass is 9.83. The molecule has 0 unspecified atom stereocenters. The Bertz CT molecular complexity index is 3390. The van der Waals surface area contributed by atoms with Crippen LogP contribution in [0.5, 0.6) is 5.75 Å². The molecule has 1 N–H and O–H groups in total. The number of fused-ring (bicyclic) bond motifs is 1. The number of phenols is 1. The molecule has 0 fully saturated rings. The molecule has 2 heterocycles. The molecule has 0 aliphatic rings. The number of imidazole rings is 1. The summed E-state index contributed by atoms with van der Waals surface area (Å²) >= 11 is 0. The molecule has 8 rings (SSSR count). The normalized spacial score (nSPS) is 15.1. The van der Waals surface area contributed by atoms with Gasteiger partial charge in [-0.3, -0.25) is 9.55 Å². The van der Waals surface area contributed by atoms with Crippen LogP contribution in [0.1, 0.15) is 151 Å². The van der Waals surface area contributed by atoms with E-state index >= 15 is 0 Å². The smallest absolute Gasteiger partial charge is 0.149 e. The van der Waals surface area contributed by atoms with Gasteiger partial charge in [0.25, 0.3) is 0 Å². The SMILES string of the molecule is [2H]C([2H])([2H])c1ccc(-c2ccnc(-c3cc(-c4cccc5c4nc(-c4cc(C([2H])(C)C)cc(C([2H])(C)C)c4O)n5-c4ccc(-c5c(C(C)C)cccc5C([2H])(C)C)cc4C([2H])([2H])[2H])cc(C(C)(C)C)c3)c2)cc1. The van der Waals surface area contributed by atoms with E-state index in [4.69, 9.17) is 20.9 Å². The molecule has 4 nitrogen and oxygen atoms in total. The molecule has 2 aromatic heterocycles. The Morgan fingerprint density at radius 2 is 1.31 bits per heavy atom. The van der Waals surface area contributed by atoms with Crippen molar-refractivity contribution in [1.82, 2.24) is 14.5 Å². The van der Waals surface area contributed by atoms with Crippen LogP contribution in [0.2, 0.25) is 0 Å². The highest BCUT2D eigenvalue weighted by molar-refractivity contribution is 5.97. The Kier molecular flexibility index (Phi) is 9.28. The van der Waals surface area contributed by atoms with Crippen molar-refractivity contribution in [2.24, 2.45) is 0 Å². The van der Waals surface area contributed by atoms with E-state index in [1.54, 1.807) is 74.9 Å². The zero-order chi connectivity index (χ0) is 53.5. The van der Waals surface area contributed by atoms with Crippen LogP contribution in [0.15, 0.2) is 128 Å². The summed E-state index contributed by atoms with van der Waals surface area (Å²) in [6.45, 7) is 16.3. The number of aromatic hydroxyl groups is 1. The first-order chi connectivity index (χ1) is 33.7. The summed E-state index contributed by atoms with van der Waals surface area (Å²) in [6.07, 6.45) is 1.75. The van der Waals surface area contributed by atoms with Crippen LogP contribution in [0.25, 0.3) is 72.7 Å². The van der Waals surface area contributed by atoms with Gasteiger partial charge in [-0.05, 0) is 152 Å². The molecule has 0 amide bonds. The summed E-state index contributed by atoms with van der Waals surface area (Å²) in [4.78, 5) is 10.3. The van der Waals surface area contributed by atoms with Gasteiger partial charge in [0.15, 0.2) is 0 Å². The van der Waals surface area contributed by atoms with Crippen molar-refractivity contribution in [1.29, 1.82) is 0 Å². The summed E-state index contributed by atoms with van der Waals surface area (Å²) in [6, 6.07) is 37.6. The van der Waals surface area contributed by atoms with Crippen LogP contribution >= 0.6 is 0 Å². The molecule has 6 aromatic carbocycles. The number of nitrogens with zero attached hydrogens (tertiary/aromatic N) is 3. The Balaban J connectivity index is 1.44. The number of rotatable bonds is 10. The number of hydrogen-bond acceptors (Lipinski definition) is 3. The summed E-state index contributed by atoms with van der Waals surface area (Å²) in [5, 5.41) is 12.4. The average molecular weight is 853 g/mol. The molecular weight excluding hydrogens is 779 g/mol. The Morgan fingerprint density at radius 3 is 1.98 bits per heavy atom. The predicted molar refractivity (Wildman–Crippen MR) is 272 cm³/mol. The minimum atomic E-state index is -2.66. The zero-order valence-electron chi connectivity index (χ0n) is 48.0. The zero-order valence-corrected chi connectivity index (χ0v) is 39.0. The second-order valence-corrected chi connectivity index (χ2v) is 19.1. The van der Waals surface area contributed by atoms with Crippen LogP contribution in [-0.2, 0) is 5.41 Å². The standard InChI is InChI=1S/C60H65N3O/c1-35(2)44-32-51(38(7)8)58(64)52(33-44)59-62-57-50(45-29-46(31-47(30-45)60(11,12)13)53-34-42(26-27-61-53)41-22-20-39(9)21-23-41)18-15-19-55(57)63(59)54-25-24-43(28-40(54)10)56-48(36(3)4)16-14-17-49(56)37(5)6/h14-38,64H,1-13H3/i9D3,10D3,35D,36D,38D. The van der Waals surface area contributed by atoms with Crippen molar-refractivity contribution in [3.05, 3.63) is 166 Å². The van der Waals surface area contributed by atoms with Crippen LogP contribution in [-0.4, -0.2) is 19.6 Å². The third-order valence-electron chi connectivity index (χ3n) is 12.3. The van der Waals surface area contributed by atoms with E-state index in [1.807, 2.05) is 80.6 Å². The fourth-order valence-corrected chi connectivity index (χ4v) is 8.70. The highest BCUT2D eigenvalue weighted by Gasteiger charge is 2.26. The number of para-hydroxylation sites is 1. The maximum atomic E-state index is 12.4. The maximum Gasteiger partial charge on any atom is 0.149 e. The molecule has 4 heteroatoms. The molecule has 326 valence electrons. The van der Waals surface area contributed by atoms with Crippen molar-refractivity contribution in [2.45, 2.75) is 119 Å². The Hall–Kier alpha value is -6.26. The molecule has 0 aliphatic heterocycles. The lowest BCUT2D eigenvalue weighted by Gasteiger charge is -2.22. The summed E-state index contributed by atoms with van der Waals surface area (Å²) in [5.74, 6) is -3.34. The number of aromatic nitrogens is 3. The molecule has 0 radical (unpaired) electrons. The van der Waals surface area contributed by atoms with Crippen LogP contribution in [0.3, 0.4) is 0 Å². The molecule has 64 heavy (non-hydrogen) atoms. The quantitative estimate of drug-likeness (QED) is 0.149. The Labute approximate surface area is 394 Å². The number of hydrogen-bond donors (Lipinski definition) is 1. The lowest BCUT2D eigenvalue weighted by molar-refractivity contribution is 0.466. The summed E-state index contributed by atoms with van der Waals surface area (Å²) in [7, 11) is 0. The van der Waals surface area contributed by atoms with Gasteiger partial charge >= 0.3 is 0 Å². The number of aryl methyl sites for hydroxylation is 2. The largest absolute Gasteiger partial charge is 0.507 e. The molecule has 0 aliphatic carbocycles. The van der Waals surface area contributed by atoms with Gasteiger partial charge in [0.05, 0.1) is 28.0 Å². The van der Waals surface area contributed by atoms with Gasteiger partial charge in [-0.25, -0.2) is 4.98 Å². The molecule has 0 bridgehead atoms. The van der Waals surface area contributed by atoms with Crippen LogP contribution in [0, 0.1) is 13.7 Å². The van der Waals surface area contributed by atoms with Gasteiger partial charge in [0.2, 0.25) is 0 Å². The van der Waals surface area contributed by atoms with E-state index in [1.165, 1.54) is 0 Å². The van der Waals surface area contributed by atoms with Gasteiger partial charge in [0.1, 0.15) is 11.6 Å². The van der Waals surface area contributed by atoms with Crippen molar-refractivity contribution in [2.75, 3.05) is 0 Å². The first-order valence-corrected chi connectivity index (χ1v) is 22.2. The Morgan fingerprint density at radius 1 is 0.609 bits per heavy atom. The number of benzene rings is 6. The van der Waals surface area contributed by atoms with Crippen molar-refractivity contribution < 1.29 is 17.4 Å². The van der Waals surface area contributed by atoms with Gasteiger partial charge in [-0.1, -0.05) is 155 Å². The predicted octanol–water partition coefficient (Wildman–Crippen LogP) is 16.9. The van der Waals surface area contributed by atoms with Gasteiger partial charge in [-0.15, -0.1) is 0 Å². The molecule has 0 saturated heterocycles. The van der Waals surface area contributed by atoms with E-state index in [-0.39, 0.29) is 39.6 Å². The molecule has 0 atom stereocenters. The van der Waals surface area contributed by atoms with Crippen molar-refractivity contribution >= 4 is 11.0 Å². The summed E-state index contributed by atoms with van der Waals surface area (Å²) < 4.78 is 80.3. The third-order valence-corrected chi connectivity index (χ3v) is 12.3. The van der Waals surface area contributed by atoms with E-state index in [0.29, 0.717) is 39.1 Å². The van der Waals surface area contributed by atoms with Crippen molar-refractivity contribution in [3.8, 4) is 67.5 Å². The van der Waals surface area contributed by atoms with E-state index < -0.39 is 31.4 Å². The molecular formula is C60H65N3O. The van der Waals surface area contributed by atoms with E-state index in [2.05, 4.69) is 52.8 Å². The van der Waals surface area contributed by atoms with Gasteiger partial charge < -0.3 is 5.11 Å². The highest BCUT2D eigenvalue weighted by atomic mass is 16.3. The van der Waals surface area contributed by atoms with Crippen LogP contribution < -0.4 is 0 Å². The molecule has 8 aromatic rings. The van der Waals surface area contributed by atoms with E-state index in [0.717, 1.165) is 50.1 Å². The molecule has 0 spiro atoms. The first-order valence-electron chi connectivity index (χ1n) is 26.7. The van der Waals surface area contributed by atoms with Crippen molar-refractivity contribution in [3.63, 3.8) is 0 Å². The topological polar surface area (TPSA) is 50.9 Å². The van der Waals surface area contributed by atoms with E-state index in [9.17, 15) is 6.48 Å². The summed E-state index contributed by atoms with van der Waals surface area (Å²) in [5.41, 5.74) is 11.5. The molecule has 0 saturated carbocycles. The first kappa shape index (κ1) is 34.2. The fraction of sp³-hybridized carbons (Fsp3) is 0.300. The second-order valence-electron chi connectivity index (χ2n) is 19.1. The van der Waals surface area contributed by atoms with Crippen LogP contribution in [0.4, 0.5) is 0 Å². The fourth-order valence-electron chi connectivity index (χ4n) is 8.70. The van der Waals surface area contributed by atoms with Gasteiger partial charge in [-0.2, -0.15) is 0 Å². The lowest BCUT2D eigenvalue weighted by Crippen LogP contribution is -2.11. The second kappa shape index (κ2) is 17.4. The maximum absolute atomic E-state index is 12.4. The number of phenolic OH excluding ortho intramolecular Hbond substituents is 1. The highest BCUT2D eigenvalue weighted by Crippen LogP contribution is 2.45. The monoisotopic (exact) mass is 853 g/mol. The minimum absolute atomic E-state index is 0.0387. The average Bonchev–Trinajstić information content (AvgIpc) is 3.68. The minimum Gasteiger partial charge on any atom is -0.507 e.